The lowest BCUT2D eigenvalue weighted by Gasteiger charge is -2.35. The van der Waals surface area contributed by atoms with Gasteiger partial charge in [0, 0.05) is 24.9 Å². The minimum atomic E-state index is 0.0290. The smallest absolute Gasteiger partial charge is 0.225 e. The monoisotopic (exact) mass is 265 g/mol. The summed E-state index contributed by atoms with van der Waals surface area (Å²) >= 11 is 0. The maximum Gasteiger partial charge on any atom is 0.225 e. The third-order valence-corrected chi connectivity index (χ3v) is 5.32. The Morgan fingerprint density at radius 1 is 1.26 bits per heavy atom. The topological polar surface area (TPSA) is 78.9 Å². The zero-order valence-electron chi connectivity index (χ0n) is 11.3. The van der Waals surface area contributed by atoms with E-state index >= 15 is 0 Å². The summed E-state index contributed by atoms with van der Waals surface area (Å²) in [5.41, 5.74) is 5.69. The molecule has 0 radical (unpaired) electrons. The number of rotatable bonds is 2. The fourth-order valence-electron chi connectivity index (χ4n) is 4.28. The number of amides is 1. The maximum absolute atomic E-state index is 12.6. The molecule has 2 saturated carbocycles. The molecule has 0 aromatic rings. The number of carbonyl (C=O) groups excluding carboxylic acids is 1. The highest BCUT2D eigenvalue weighted by molar-refractivity contribution is 5.84. The number of hydrogen-bond acceptors (Lipinski definition) is 3. The fourth-order valence-corrected chi connectivity index (χ4v) is 4.28. The van der Waals surface area contributed by atoms with E-state index in [4.69, 9.17) is 10.9 Å². The van der Waals surface area contributed by atoms with E-state index in [2.05, 4.69) is 5.16 Å². The lowest BCUT2D eigenvalue weighted by molar-refractivity contribution is -0.138. The van der Waals surface area contributed by atoms with Crippen LogP contribution in [0.2, 0.25) is 0 Å². The lowest BCUT2D eigenvalue weighted by Crippen LogP contribution is -2.47. The summed E-state index contributed by atoms with van der Waals surface area (Å²) in [6.45, 7) is 1.46. The Hall–Kier alpha value is -1.26. The summed E-state index contributed by atoms with van der Waals surface area (Å²) in [7, 11) is 0. The van der Waals surface area contributed by atoms with E-state index in [1.807, 2.05) is 4.90 Å². The van der Waals surface area contributed by atoms with E-state index in [-0.39, 0.29) is 17.7 Å². The highest BCUT2D eigenvalue weighted by Gasteiger charge is 2.44. The molecule has 1 aliphatic heterocycles. The Morgan fingerprint density at radius 3 is 2.74 bits per heavy atom. The molecule has 3 rings (SSSR count). The van der Waals surface area contributed by atoms with Gasteiger partial charge in [-0.3, -0.25) is 4.79 Å². The minimum Gasteiger partial charge on any atom is -0.409 e. The van der Waals surface area contributed by atoms with Gasteiger partial charge in [-0.1, -0.05) is 11.6 Å². The van der Waals surface area contributed by atoms with Gasteiger partial charge in [0.2, 0.25) is 5.91 Å². The zero-order chi connectivity index (χ0) is 13.4. The molecule has 2 aliphatic carbocycles. The normalized spacial score (nSPS) is 38.7. The van der Waals surface area contributed by atoms with Crippen LogP contribution in [0.5, 0.6) is 0 Å². The second-order valence-electron chi connectivity index (χ2n) is 6.43. The number of likely N-dealkylation sites (tertiary alicyclic amines) is 1. The zero-order valence-corrected chi connectivity index (χ0v) is 11.3. The Bertz CT molecular complexity index is 396. The van der Waals surface area contributed by atoms with Crippen molar-refractivity contribution in [2.75, 3.05) is 13.1 Å². The molecule has 4 unspecified atom stereocenters. The summed E-state index contributed by atoms with van der Waals surface area (Å²) in [4.78, 5) is 14.6. The molecule has 0 spiro atoms. The molecule has 4 atom stereocenters. The van der Waals surface area contributed by atoms with Crippen LogP contribution in [0.15, 0.2) is 5.16 Å². The van der Waals surface area contributed by atoms with Crippen molar-refractivity contribution in [3.05, 3.63) is 0 Å². The standard InChI is InChI=1S/C14H23N3O2/c15-13(16-19)11-2-1-5-17(8-11)14(18)12-7-9-3-4-10(12)6-9/h9-12,19H,1-8H2,(H2,15,16). The molecule has 106 valence electrons. The quantitative estimate of drug-likeness (QED) is 0.343. The van der Waals surface area contributed by atoms with E-state index in [9.17, 15) is 4.79 Å². The molecule has 1 amide bonds. The second-order valence-corrected chi connectivity index (χ2v) is 6.43. The maximum atomic E-state index is 12.6. The molecular formula is C14H23N3O2. The first-order valence-electron chi connectivity index (χ1n) is 7.45. The average Bonchev–Trinajstić information content (AvgIpc) is 3.08. The third-order valence-electron chi connectivity index (χ3n) is 5.32. The average molecular weight is 265 g/mol. The van der Waals surface area contributed by atoms with Gasteiger partial charge in [-0.25, -0.2) is 0 Å². The summed E-state index contributed by atoms with van der Waals surface area (Å²) in [6, 6.07) is 0. The Labute approximate surface area is 113 Å². The van der Waals surface area contributed by atoms with Gasteiger partial charge < -0.3 is 15.8 Å². The van der Waals surface area contributed by atoms with Gasteiger partial charge in [0.05, 0.1) is 0 Å². The Balaban J connectivity index is 1.63. The molecule has 3 N–H and O–H groups in total. The fraction of sp³-hybridized carbons (Fsp3) is 0.857. The van der Waals surface area contributed by atoms with Crippen molar-refractivity contribution in [1.29, 1.82) is 0 Å². The number of nitrogens with two attached hydrogens (primary N) is 1. The van der Waals surface area contributed by atoms with Crippen LogP contribution in [0, 0.1) is 23.7 Å². The number of carbonyl (C=O) groups is 1. The molecule has 5 heteroatoms. The minimum absolute atomic E-state index is 0.0290. The van der Waals surface area contributed by atoms with Gasteiger partial charge in [-0.15, -0.1) is 0 Å². The van der Waals surface area contributed by atoms with Gasteiger partial charge >= 0.3 is 0 Å². The van der Waals surface area contributed by atoms with Crippen LogP contribution in [0.1, 0.15) is 38.5 Å². The predicted octanol–water partition coefficient (Wildman–Crippen LogP) is 1.41. The van der Waals surface area contributed by atoms with Gasteiger partial charge in [-0.05, 0) is 43.9 Å². The number of fused-ring (bicyclic) bond motifs is 2. The summed E-state index contributed by atoms with van der Waals surface area (Å²) in [6.07, 6.45) is 6.77. The van der Waals surface area contributed by atoms with Gasteiger partial charge in [-0.2, -0.15) is 0 Å². The third kappa shape index (κ3) is 2.30. The van der Waals surface area contributed by atoms with E-state index in [1.54, 1.807) is 0 Å². The first-order chi connectivity index (χ1) is 9.19. The molecular weight excluding hydrogens is 242 g/mol. The highest BCUT2D eigenvalue weighted by atomic mass is 16.4. The first-order valence-corrected chi connectivity index (χ1v) is 7.45. The van der Waals surface area contributed by atoms with Gasteiger partial charge in [0.1, 0.15) is 5.84 Å². The number of amidine groups is 1. The van der Waals surface area contributed by atoms with E-state index in [1.165, 1.54) is 19.3 Å². The number of oxime groups is 1. The summed E-state index contributed by atoms with van der Waals surface area (Å²) in [5, 5.41) is 11.9. The van der Waals surface area contributed by atoms with E-state index < -0.39 is 0 Å². The summed E-state index contributed by atoms with van der Waals surface area (Å²) in [5.74, 6) is 2.30. The van der Waals surface area contributed by atoms with Crippen LogP contribution in [-0.2, 0) is 4.79 Å². The molecule has 5 nitrogen and oxygen atoms in total. The van der Waals surface area contributed by atoms with Crippen LogP contribution in [0.25, 0.3) is 0 Å². The Kier molecular flexibility index (Phi) is 3.37. The molecule has 3 fully saturated rings. The predicted molar refractivity (Wildman–Crippen MR) is 71.7 cm³/mol. The van der Waals surface area contributed by atoms with Crippen LogP contribution in [0.4, 0.5) is 0 Å². The Morgan fingerprint density at radius 2 is 2.11 bits per heavy atom. The summed E-state index contributed by atoms with van der Waals surface area (Å²) < 4.78 is 0. The van der Waals surface area contributed by atoms with Gasteiger partial charge in [0.15, 0.2) is 0 Å². The van der Waals surface area contributed by atoms with Crippen molar-refractivity contribution in [3.63, 3.8) is 0 Å². The van der Waals surface area contributed by atoms with Crippen molar-refractivity contribution in [2.24, 2.45) is 34.6 Å². The van der Waals surface area contributed by atoms with Crippen LogP contribution in [-0.4, -0.2) is 34.9 Å². The van der Waals surface area contributed by atoms with Crippen LogP contribution >= 0.6 is 0 Å². The first kappa shape index (κ1) is 12.8. The van der Waals surface area contributed by atoms with Crippen LogP contribution < -0.4 is 5.73 Å². The number of hydrogen-bond donors (Lipinski definition) is 2. The second kappa shape index (κ2) is 5.02. The van der Waals surface area contributed by atoms with Crippen molar-refractivity contribution >= 4 is 11.7 Å². The molecule has 3 aliphatic rings. The number of piperidine rings is 1. The lowest BCUT2D eigenvalue weighted by atomic mass is 9.86. The largest absolute Gasteiger partial charge is 0.409 e. The molecule has 1 heterocycles. The molecule has 0 aromatic heterocycles. The molecule has 19 heavy (non-hydrogen) atoms. The number of nitrogens with zero attached hydrogens (tertiary/aromatic N) is 2. The van der Waals surface area contributed by atoms with Crippen molar-refractivity contribution in [3.8, 4) is 0 Å². The molecule has 1 saturated heterocycles. The van der Waals surface area contributed by atoms with E-state index in [0.29, 0.717) is 18.4 Å². The molecule has 2 bridgehead atoms. The van der Waals surface area contributed by atoms with Gasteiger partial charge in [0.25, 0.3) is 0 Å². The van der Waals surface area contributed by atoms with Crippen molar-refractivity contribution in [2.45, 2.75) is 38.5 Å². The SMILES string of the molecule is NC(=NO)C1CCCN(C(=O)C2CC3CCC2C3)C1. The van der Waals surface area contributed by atoms with E-state index in [0.717, 1.165) is 31.7 Å². The highest BCUT2D eigenvalue weighted by Crippen LogP contribution is 2.49. The van der Waals surface area contributed by atoms with Crippen molar-refractivity contribution in [1.82, 2.24) is 4.90 Å². The molecule has 0 aromatic carbocycles. The van der Waals surface area contributed by atoms with Crippen LogP contribution in [0.3, 0.4) is 0 Å². The van der Waals surface area contributed by atoms with Crippen molar-refractivity contribution < 1.29 is 10.0 Å².